The monoisotopic (exact) mass is 316 g/mol. The summed E-state index contributed by atoms with van der Waals surface area (Å²) in [6.45, 7) is 0. The van der Waals surface area contributed by atoms with E-state index in [0.717, 1.165) is 19.4 Å². The van der Waals surface area contributed by atoms with E-state index in [4.69, 9.17) is 0 Å². The van der Waals surface area contributed by atoms with E-state index < -0.39 is 0 Å². The van der Waals surface area contributed by atoms with Crippen molar-refractivity contribution in [1.29, 1.82) is 0 Å². The molecule has 0 unspecified atom stereocenters. The fraction of sp³-hybridized carbons (Fsp3) is 0.200. The molecular formula is C10H9BrN2OS2. The highest BCUT2D eigenvalue weighted by molar-refractivity contribution is 9.10. The second-order valence-corrected chi connectivity index (χ2v) is 6.02. The molecule has 2 heterocycles. The van der Waals surface area contributed by atoms with Crippen LogP contribution in [0.1, 0.15) is 4.88 Å². The summed E-state index contributed by atoms with van der Waals surface area (Å²) >= 11 is 6.40. The van der Waals surface area contributed by atoms with E-state index >= 15 is 0 Å². The molecule has 0 bridgehead atoms. The highest BCUT2D eigenvalue weighted by atomic mass is 79.9. The number of amidine groups is 1. The predicted molar refractivity (Wildman–Crippen MR) is 73.7 cm³/mol. The first kappa shape index (κ1) is 11.9. The van der Waals surface area contributed by atoms with Crippen molar-refractivity contribution in [1.82, 2.24) is 4.90 Å². The number of aliphatic imine (C=N–C) groups is 1. The van der Waals surface area contributed by atoms with Gasteiger partial charge in [-0.1, -0.05) is 0 Å². The minimum Gasteiger partial charge on any atom is -0.290 e. The van der Waals surface area contributed by atoms with Gasteiger partial charge in [0.15, 0.2) is 5.17 Å². The number of carbonyl (C=O) groups excluding carboxylic acids is 1. The lowest BCUT2D eigenvalue weighted by Crippen LogP contribution is -2.23. The van der Waals surface area contributed by atoms with Crippen LogP contribution < -0.4 is 0 Å². The van der Waals surface area contributed by atoms with Crippen molar-refractivity contribution >= 4 is 56.2 Å². The lowest BCUT2D eigenvalue weighted by molar-refractivity contribution is -0.121. The number of rotatable bonds is 1. The third kappa shape index (κ3) is 2.23. The van der Waals surface area contributed by atoms with Crippen LogP contribution in [0.5, 0.6) is 0 Å². The summed E-state index contributed by atoms with van der Waals surface area (Å²) in [7, 11) is 3.43. The van der Waals surface area contributed by atoms with Crippen LogP contribution in [0.4, 0.5) is 0 Å². The van der Waals surface area contributed by atoms with E-state index in [-0.39, 0.29) is 5.91 Å². The van der Waals surface area contributed by atoms with Crippen molar-refractivity contribution < 1.29 is 4.79 Å². The summed E-state index contributed by atoms with van der Waals surface area (Å²) in [6.07, 6.45) is 1.90. The summed E-state index contributed by atoms with van der Waals surface area (Å²) in [5, 5.41) is 2.74. The molecule has 2 rings (SSSR count). The highest BCUT2D eigenvalue weighted by Gasteiger charge is 2.29. The molecular weight excluding hydrogens is 308 g/mol. The molecule has 0 N–H and O–H groups in total. The summed E-state index contributed by atoms with van der Waals surface area (Å²) in [5.41, 5.74) is 0. The van der Waals surface area contributed by atoms with Crippen molar-refractivity contribution in [2.75, 3.05) is 14.1 Å². The molecule has 6 heteroatoms. The van der Waals surface area contributed by atoms with Crippen molar-refractivity contribution in [2.24, 2.45) is 4.99 Å². The molecule has 1 aromatic heterocycles. The van der Waals surface area contributed by atoms with Crippen molar-refractivity contribution in [3.63, 3.8) is 0 Å². The van der Waals surface area contributed by atoms with Crippen LogP contribution in [0, 0.1) is 0 Å². The Labute approximate surface area is 110 Å². The number of amides is 1. The third-order valence-corrected chi connectivity index (χ3v) is 4.85. The average molecular weight is 317 g/mol. The van der Waals surface area contributed by atoms with Crippen LogP contribution in [0.15, 0.2) is 25.8 Å². The predicted octanol–water partition coefficient (Wildman–Crippen LogP) is 3.04. The van der Waals surface area contributed by atoms with Crippen LogP contribution in [-0.4, -0.2) is 30.1 Å². The summed E-state index contributed by atoms with van der Waals surface area (Å²) in [4.78, 5) is 19.2. The molecule has 0 saturated carbocycles. The second-order valence-electron chi connectivity index (χ2n) is 3.15. The van der Waals surface area contributed by atoms with E-state index in [9.17, 15) is 4.79 Å². The number of likely N-dealkylation sites (N-methyl/N-ethyl adjacent to an activating group) is 1. The Kier molecular flexibility index (Phi) is 3.51. The van der Waals surface area contributed by atoms with Crippen LogP contribution in [0.25, 0.3) is 6.08 Å². The molecule has 0 radical (unpaired) electrons. The van der Waals surface area contributed by atoms with Gasteiger partial charge >= 0.3 is 0 Å². The van der Waals surface area contributed by atoms with Gasteiger partial charge in [0.05, 0.1) is 4.91 Å². The van der Waals surface area contributed by atoms with Crippen LogP contribution >= 0.6 is 39.0 Å². The largest absolute Gasteiger partial charge is 0.290 e. The normalized spacial score (nSPS) is 21.4. The number of thiophene rings is 1. The third-order valence-electron chi connectivity index (χ3n) is 2.06. The Balaban J connectivity index is 2.30. The van der Waals surface area contributed by atoms with Gasteiger partial charge in [-0.05, 0) is 39.8 Å². The van der Waals surface area contributed by atoms with Gasteiger partial charge in [0.2, 0.25) is 0 Å². The summed E-state index contributed by atoms with van der Waals surface area (Å²) in [6, 6.07) is 1.99. The molecule has 0 atom stereocenters. The average Bonchev–Trinajstić information content (AvgIpc) is 2.78. The van der Waals surface area contributed by atoms with Gasteiger partial charge in [0.25, 0.3) is 5.91 Å². The molecule has 1 fully saturated rings. The maximum Gasteiger partial charge on any atom is 0.266 e. The highest BCUT2D eigenvalue weighted by Crippen LogP contribution is 2.32. The molecule has 0 spiro atoms. The SMILES string of the molecule is CN=C1SC(=Cc2cc(Br)cs2)C(=O)N1C. The second kappa shape index (κ2) is 4.73. The Morgan fingerprint density at radius 3 is 2.81 bits per heavy atom. The minimum atomic E-state index is 0.00937. The molecule has 1 amide bonds. The number of thioether (sulfide) groups is 1. The van der Waals surface area contributed by atoms with Gasteiger partial charge in [0, 0.05) is 28.8 Å². The lowest BCUT2D eigenvalue weighted by atomic mass is 10.4. The topological polar surface area (TPSA) is 32.7 Å². The molecule has 1 aromatic rings. The van der Waals surface area contributed by atoms with Gasteiger partial charge in [-0.3, -0.25) is 14.7 Å². The van der Waals surface area contributed by atoms with Gasteiger partial charge in [-0.15, -0.1) is 11.3 Å². The number of nitrogens with zero attached hydrogens (tertiary/aromatic N) is 2. The zero-order valence-electron chi connectivity index (χ0n) is 8.73. The van der Waals surface area contributed by atoms with Crippen molar-refractivity contribution in [3.05, 3.63) is 25.7 Å². The standard InChI is InChI=1S/C10H9BrN2OS2/c1-12-10-13(2)9(14)8(16-10)4-7-3-6(11)5-15-7/h3-5H,1-2H3. The summed E-state index contributed by atoms with van der Waals surface area (Å²) in [5.74, 6) is 0.00937. The lowest BCUT2D eigenvalue weighted by Gasteiger charge is -2.04. The first-order chi connectivity index (χ1) is 7.61. The minimum absolute atomic E-state index is 0.00937. The van der Waals surface area contributed by atoms with Crippen molar-refractivity contribution in [2.45, 2.75) is 0 Å². The molecule has 0 aliphatic carbocycles. The number of hydrogen-bond donors (Lipinski definition) is 0. The zero-order valence-corrected chi connectivity index (χ0v) is 11.9. The molecule has 3 nitrogen and oxygen atoms in total. The van der Waals surface area contributed by atoms with Gasteiger partial charge in [0.1, 0.15) is 0 Å². The van der Waals surface area contributed by atoms with Crippen LogP contribution in [0.3, 0.4) is 0 Å². The maximum atomic E-state index is 11.8. The fourth-order valence-corrected chi connectivity index (χ4v) is 3.65. The quantitative estimate of drug-likeness (QED) is 0.746. The molecule has 16 heavy (non-hydrogen) atoms. The van der Waals surface area contributed by atoms with Gasteiger partial charge < -0.3 is 0 Å². The molecule has 1 saturated heterocycles. The number of carbonyl (C=O) groups is 1. The Morgan fingerprint density at radius 2 is 2.31 bits per heavy atom. The first-order valence-electron chi connectivity index (χ1n) is 4.50. The Hall–Kier alpha value is -0.590. The fourth-order valence-electron chi connectivity index (χ4n) is 1.28. The number of halogens is 1. The smallest absolute Gasteiger partial charge is 0.266 e. The zero-order chi connectivity index (χ0) is 11.7. The Bertz CT molecular complexity index is 493. The van der Waals surface area contributed by atoms with Crippen LogP contribution in [-0.2, 0) is 4.79 Å². The molecule has 84 valence electrons. The maximum absolute atomic E-state index is 11.8. The van der Waals surface area contributed by atoms with E-state index in [1.54, 1.807) is 30.3 Å². The van der Waals surface area contributed by atoms with E-state index in [1.165, 1.54) is 11.8 Å². The van der Waals surface area contributed by atoms with E-state index in [2.05, 4.69) is 20.9 Å². The van der Waals surface area contributed by atoms with Gasteiger partial charge in [-0.2, -0.15) is 0 Å². The Morgan fingerprint density at radius 1 is 1.56 bits per heavy atom. The van der Waals surface area contributed by atoms with E-state index in [0.29, 0.717) is 0 Å². The molecule has 1 aliphatic rings. The molecule has 1 aliphatic heterocycles. The van der Waals surface area contributed by atoms with Crippen LogP contribution in [0.2, 0.25) is 0 Å². The first-order valence-corrected chi connectivity index (χ1v) is 6.99. The number of hydrogen-bond acceptors (Lipinski definition) is 4. The molecule has 0 aromatic carbocycles. The van der Waals surface area contributed by atoms with E-state index in [1.807, 2.05) is 17.5 Å². The van der Waals surface area contributed by atoms with Crippen molar-refractivity contribution in [3.8, 4) is 0 Å². The van der Waals surface area contributed by atoms with Gasteiger partial charge in [-0.25, -0.2) is 0 Å². The summed E-state index contributed by atoms with van der Waals surface area (Å²) < 4.78 is 1.04.